The molecule has 0 amide bonds. The molecule has 0 radical (unpaired) electrons. The minimum absolute atomic E-state index is 0.578. The summed E-state index contributed by atoms with van der Waals surface area (Å²) < 4.78 is 5.36. The Bertz CT molecular complexity index is 579. The number of aliphatic hydroxyl groups is 1. The van der Waals surface area contributed by atoms with Gasteiger partial charge in [-0.2, -0.15) is 0 Å². The summed E-state index contributed by atoms with van der Waals surface area (Å²) >= 11 is 1.74. The third kappa shape index (κ3) is 2.28. The lowest BCUT2D eigenvalue weighted by Crippen LogP contribution is -2.01. The second-order valence-electron chi connectivity index (χ2n) is 5.10. The lowest BCUT2D eigenvalue weighted by Gasteiger charge is -2.14. The molecule has 1 aromatic carbocycles. The van der Waals surface area contributed by atoms with E-state index in [-0.39, 0.29) is 0 Å². The SMILES string of the molecule is COc1ccc(C)cc1C(O)c1cc2c(s1)CCC2. The zero-order chi connectivity index (χ0) is 13.4. The summed E-state index contributed by atoms with van der Waals surface area (Å²) in [5.74, 6) is 0.756. The lowest BCUT2D eigenvalue weighted by atomic mass is 10.0. The van der Waals surface area contributed by atoms with E-state index < -0.39 is 6.10 Å². The van der Waals surface area contributed by atoms with Crippen molar-refractivity contribution in [3.8, 4) is 5.75 Å². The maximum atomic E-state index is 10.6. The number of fused-ring (bicyclic) bond motifs is 1. The monoisotopic (exact) mass is 274 g/mol. The third-order valence-electron chi connectivity index (χ3n) is 3.71. The molecule has 0 saturated carbocycles. The lowest BCUT2D eigenvalue weighted by molar-refractivity contribution is 0.218. The Morgan fingerprint density at radius 1 is 1.26 bits per heavy atom. The Hall–Kier alpha value is -1.32. The normalized spacial score (nSPS) is 15.3. The van der Waals surface area contributed by atoms with Crippen LogP contribution in [-0.2, 0) is 12.8 Å². The standard InChI is InChI=1S/C16H18O2S/c1-10-6-7-13(18-2)12(8-10)16(17)15-9-11-4-3-5-14(11)19-15/h6-9,16-17H,3-5H2,1-2H3. The first-order valence-corrected chi connectivity index (χ1v) is 7.45. The highest BCUT2D eigenvalue weighted by atomic mass is 32.1. The Labute approximate surface area is 117 Å². The van der Waals surface area contributed by atoms with Gasteiger partial charge in [-0.25, -0.2) is 0 Å². The van der Waals surface area contributed by atoms with Crippen LogP contribution in [0.2, 0.25) is 0 Å². The van der Waals surface area contributed by atoms with Crippen LogP contribution in [0.5, 0.6) is 5.75 Å². The van der Waals surface area contributed by atoms with E-state index in [1.54, 1.807) is 18.4 Å². The maximum absolute atomic E-state index is 10.6. The van der Waals surface area contributed by atoms with Gasteiger partial charge in [-0.05, 0) is 49.9 Å². The highest BCUT2D eigenvalue weighted by Crippen LogP contribution is 2.38. The first-order chi connectivity index (χ1) is 9.19. The summed E-state index contributed by atoms with van der Waals surface area (Å²) in [6, 6.07) is 8.10. The van der Waals surface area contributed by atoms with Gasteiger partial charge in [0.2, 0.25) is 0 Å². The van der Waals surface area contributed by atoms with Crippen molar-refractivity contribution in [2.24, 2.45) is 0 Å². The molecule has 1 N–H and O–H groups in total. The summed E-state index contributed by atoms with van der Waals surface area (Å²) in [4.78, 5) is 2.48. The van der Waals surface area contributed by atoms with Crippen molar-refractivity contribution in [2.75, 3.05) is 7.11 Å². The Morgan fingerprint density at radius 3 is 2.84 bits per heavy atom. The van der Waals surface area contributed by atoms with Crippen LogP contribution in [0.25, 0.3) is 0 Å². The average Bonchev–Trinajstić information content (AvgIpc) is 2.98. The molecule has 0 aliphatic heterocycles. The van der Waals surface area contributed by atoms with Crippen LogP contribution >= 0.6 is 11.3 Å². The zero-order valence-electron chi connectivity index (χ0n) is 11.3. The summed E-state index contributed by atoms with van der Waals surface area (Å²) in [5.41, 5.74) is 3.42. The van der Waals surface area contributed by atoms with E-state index in [9.17, 15) is 5.11 Å². The predicted octanol–water partition coefficient (Wildman–Crippen LogP) is 3.64. The maximum Gasteiger partial charge on any atom is 0.125 e. The van der Waals surface area contributed by atoms with Crippen LogP contribution in [0, 0.1) is 6.92 Å². The molecule has 1 aliphatic rings. The van der Waals surface area contributed by atoms with Gasteiger partial charge in [-0.15, -0.1) is 11.3 Å². The fourth-order valence-corrected chi connectivity index (χ4v) is 3.97. The van der Waals surface area contributed by atoms with Gasteiger partial charge in [0, 0.05) is 15.3 Å². The van der Waals surface area contributed by atoms with E-state index in [0.29, 0.717) is 0 Å². The van der Waals surface area contributed by atoms with Gasteiger partial charge < -0.3 is 9.84 Å². The van der Waals surface area contributed by atoms with Crippen LogP contribution in [-0.4, -0.2) is 12.2 Å². The van der Waals surface area contributed by atoms with Gasteiger partial charge in [-0.1, -0.05) is 11.6 Å². The molecule has 0 fully saturated rings. The van der Waals surface area contributed by atoms with Crippen LogP contribution in [0.1, 0.15) is 39.0 Å². The van der Waals surface area contributed by atoms with Crippen molar-refractivity contribution in [2.45, 2.75) is 32.3 Å². The van der Waals surface area contributed by atoms with Crippen molar-refractivity contribution in [3.05, 3.63) is 50.7 Å². The molecule has 1 heterocycles. The summed E-state index contributed by atoms with van der Waals surface area (Å²) in [6.45, 7) is 2.03. The number of rotatable bonds is 3. The molecular formula is C16H18O2S. The molecule has 3 rings (SSSR count). The summed E-state index contributed by atoms with van der Waals surface area (Å²) in [7, 11) is 1.65. The molecule has 100 valence electrons. The number of thiophene rings is 1. The fraction of sp³-hybridized carbons (Fsp3) is 0.375. The van der Waals surface area contributed by atoms with Crippen molar-refractivity contribution in [1.82, 2.24) is 0 Å². The van der Waals surface area contributed by atoms with E-state index in [1.807, 2.05) is 25.1 Å². The first kappa shape index (κ1) is 12.7. The van der Waals surface area contributed by atoms with Crippen LogP contribution in [0.4, 0.5) is 0 Å². The highest BCUT2D eigenvalue weighted by molar-refractivity contribution is 7.12. The molecule has 19 heavy (non-hydrogen) atoms. The van der Waals surface area contributed by atoms with Crippen LogP contribution < -0.4 is 4.74 Å². The highest BCUT2D eigenvalue weighted by Gasteiger charge is 2.22. The number of hydrogen-bond donors (Lipinski definition) is 1. The first-order valence-electron chi connectivity index (χ1n) is 6.63. The smallest absolute Gasteiger partial charge is 0.125 e. The van der Waals surface area contributed by atoms with Crippen LogP contribution in [0.15, 0.2) is 24.3 Å². The fourth-order valence-electron chi connectivity index (χ4n) is 2.71. The molecule has 0 bridgehead atoms. The minimum atomic E-state index is -0.578. The van der Waals surface area contributed by atoms with Crippen LogP contribution in [0.3, 0.4) is 0 Å². The molecular weight excluding hydrogens is 256 g/mol. The molecule has 1 aromatic heterocycles. The number of benzene rings is 1. The van der Waals surface area contributed by atoms with Crippen molar-refractivity contribution in [1.29, 1.82) is 0 Å². The molecule has 3 heteroatoms. The quantitative estimate of drug-likeness (QED) is 0.926. The Balaban J connectivity index is 1.98. The predicted molar refractivity (Wildman–Crippen MR) is 78.1 cm³/mol. The van der Waals surface area contributed by atoms with Gasteiger partial charge in [-0.3, -0.25) is 0 Å². The van der Waals surface area contributed by atoms with Gasteiger partial charge in [0.15, 0.2) is 0 Å². The van der Waals surface area contributed by atoms with Crippen molar-refractivity contribution in [3.63, 3.8) is 0 Å². The molecule has 0 saturated heterocycles. The van der Waals surface area contributed by atoms with Gasteiger partial charge in [0.1, 0.15) is 11.9 Å². The average molecular weight is 274 g/mol. The second-order valence-corrected chi connectivity index (χ2v) is 6.27. The number of hydrogen-bond acceptors (Lipinski definition) is 3. The molecule has 1 aliphatic carbocycles. The number of aryl methyl sites for hydroxylation is 3. The number of aliphatic hydroxyl groups excluding tert-OH is 1. The Morgan fingerprint density at radius 2 is 2.11 bits per heavy atom. The molecule has 2 aromatic rings. The largest absolute Gasteiger partial charge is 0.496 e. The van der Waals surface area contributed by atoms with E-state index in [1.165, 1.54) is 16.9 Å². The summed E-state index contributed by atoms with van der Waals surface area (Å²) in [6.07, 6.45) is 3.00. The summed E-state index contributed by atoms with van der Waals surface area (Å²) in [5, 5.41) is 10.6. The minimum Gasteiger partial charge on any atom is -0.496 e. The topological polar surface area (TPSA) is 29.5 Å². The van der Waals surface area contributed by atoms with E-state index in [2.05, 4.69) is 6.07 Å². The third-order valence-corrected chi connectivity index (χ3v) is 5.00. The number of methoxy groups -OCH3 is 1. The van der Waals surface area contributed by atoms with E-state index >= 15 is 0 Å². The van der Waals surface area contributed by atoms with Gasteiger partial charge >= 0.3 is 0 Å². The molecule has 0 spiro atoms. The molecule has 1 unspecified atom stereocenters. The van der Waals surface area contributed by atoms with E-state index in [0.717, 1.165) is 34.6 Å². The molecule has 1 atom stereocenters. The van der Waals surface area contributed by atoms with Gasteiger partial charge in [0.25, 0.3) is 0 Å². The number of ether oxygens (including phenoxy) is 1. The van der Waals surface area contributed by atoms with Crippen molar-refractivity contribution < 1.29 is 9.84 Å². The second kappa shape index (κ2) is 4.99. The van der Waals surface area contributed by atoms with Gasteiger partial charge in [0.05, 0.1) is 7.11 Å². The van der Waals surface area contributed by atoms with E-state index in [4.69, 9.17) is 4.74 Å². The van der Waals surface area contributed by atoms with Crippen molar-refractivity contribution >= 4 is 11.3 Å². The zero-order valence-corrected chi connectivity index (χ0v) is 12.1. The Kier molecular flexibility index (Phi) is 3.33. The molecule has 2 nitrogen and oxygen atoms in total.